The summed E-state index contributed by atoms with van der Waals surface area (Å²) in [6.45, 7) is 11.7. The molecule has 1 aliphatic heterocycles. The highest BCUT2D eigenvalue weighted by Crippen LogP contribution is 2.09. The lowest BCUT2D eigenvalue weighted by molar-refractivity contribution is -0.145. The maximum absolute atomic E-state index is 11.7. The average molecular weight is 736 g/mol. The lowest BCUT2D eigenvalue weighted by atomic mass is 10.1. The first kappa shape index (κ1) is 47.0. The lowest BCUT2D eigenvalue weighted by Crippen LogP contribution is -2.33. The van der Waals surface area contributed by atoms with E-state index in [1.54, 1.807) is 0 Å². The highest BCUT2D eigenvalue weighted by atomic mass is 16.6. The first-order chi connectivity index (χ1) is 25.1. The van der Waals surface area contributed by atoms with Gasteiger partial charge in [0.1, 0.15) is 6.61 Å². The van der Waals surface area contributed by atoms with Crippen LogP contribution < -0.4 is 0 Å². The van der Waals surface area contributed by atoms with Crippen LogP contribution in [-0.2, 0) is 66.5 Å². The standard InChI is InChI=1S/C36H65NO14/c1-2-3-4-5-6-7-8-9-36(40)51-33-32-50-31-30-49-29-28-48-27-26-47-25-24-46-23-22-45-21-20-44-19-18-43-17-16-42-15-14-41-13-12-37-34(38)10-11-35(37)39/h10-11H,2-9,12-33H2,1H3. The lowest BCUT2D eigenvalue weighted by Gasteiger charge is -2.13. The van der Waals surface area contributed by atoms with Gasteiger partial charge in [0.2, 0.25) is 0 Å². The summed E-state index contributed by atoms with van der Waals surface area (Å²) < 4.78 is 59.7. The second kappa shape index (κ2) is 37.7. The Hall–Kier alpha value is -2.05. The predicted octanol–water partition coefficient (Wildman–Crippen LogP) is 2.76. The van der Waals surface area contributed by atoms with E-state index in [2.05, 4.69) is 6.92 Å². The van der Waals surface area contributed by atoms with Gasteiger partial charge >= 0.3 is 5.97 Å². The Kier molecular flexibility index (Phi) is 34.7. The summed E-state index contributed by atoms with van der Waals surface area (Å²) in [6, 6.07) is 0. The Morgan fingerprint density at radius 2 is 0.725 bits per heavy atom. The molecule has 0 aromatic rings. The molecule has 298 valence electrons. The van der Waals surface area contributed by atoms with Crippen molar-refractivity contribution in [3.63, 3.8) is 0 Å². The van der Waals surface area contributed by atoms with Crippen LogP contribution in [0.5, 0.6) is 0 Å². The number of nitrogens with zero attached hydrogens (tertiary/aromatic N) is 1. The fraction of sp³-hybridized carbons (Fsp3) is 0.861. The minimum Gasteiger partial charge on any atom is -0.463 e. The molecule has 0 unspecified atom stereocenters. The summed E-state index contributed by atoms with van der Waals surface area (Å²) in [5.41, 5.74) is 0. The van der Waals surface area contributed by atoms with Gasteiger partial charge in [-0.3, -0.25) is 19.3 Å². The third-order valence-corrected chi connectivity index (χ3v) is 7.18. The first-order valence-electron chi connectivity index (χ1n) is 18.6. The molecular weight excluding hydrogens is 670 g/mol. The minimum atomic E-state index is -0.308. The molecule has 15 heteroatoms. The zero-order valence-electron chi connectivity index (χ0n) is 31.0. The molecule has 15 nitrogen and oxygen atoms in total. The van der Waals surface area contributed by atoms with Gasteiger partial charge in [-0.1, -0.05) is 45.4 Å². The Bertz CT molecular complexity index is 829. The first-order valence-corrected chi connectivity index (χ1v) is 18.6. The van der Waals surface area contributed by atoms with Crippen LogP contribution in [-0.4, -0.2) is 168 Å². The highest BCUT2D eigenvalue weighted by molar-refractivity contribution is 6.12. The summed E-state index contributed by atoms with van der Waals surface area (Å²) in [6.07, 6.45) is 11.3. The van der Waals surface area contributed by atoms with E-state index >= 15 is 0 Å². The average Bonchev–Trinajstić information content (AvgIpc) is 3.45. The van der Waals surface area contributed by atoms with Crippen LogP contribution in [0.4, 0.5) is 0 Å². The van der Waals surface area contributed by atoms with Crippen molar-refractivity contribution in [3.05, 3.63) is 12.2 Å². The Labute approximate surface area is 304 Å². The third-order valence-electron chi connectivity index (χ3n) is 7.18. The molecule has 51 heavy (non-hydrogen) atoms. The van der Waals surface area contributed by atoms with Crippen molar-refractivity contribution in [1.82, 2.24) is 4.90 Å². The third kappa shape index (κ3) is 32.3. The van der Waals surface area contributed by atoms with Crippen molar-refractivity contribution in [2.45, 2.75) is 58.3 Å². The summed E-state index contributed by atoms with van der Waals surface area (Å²) >= 11 is 0. The molecule has 0 radical (unpaired) electrons. The molecule has 1 rings (SSSR count). The molecule has 0 saturated carbocycles. The van der Waals surface area contributed by atoms with Crippen molar-refractivity contribution in [3.8, 4) is 0 Å². The summed E-state index contributed by atoms with van der Waals surface area (Å²) in [4.78, 5) is 35.7. The van der Waals surface area contributed by atoms with Crippen LogP contribution in [0.25, 0.3) is 0 Å². The van der Waals surface area contributed by atoms with E-state index in [0.29, 0.717) is 132 Å². The van der Waals surface area contributed by atoms with Gasteiger partial charge in [0.25, 0.3) is 11.8 Å². The van der Waals surface area contributed by atoms with E-state index < -0.39 is 0 Å². The summed E-state index contributed by atoms with van der Waals surface area (Å²) in [5, 5.41) is 0. The SMILES string of the molecule is CCCCCCCCCC(=O)OCCOCCOCCOCCOCCOCCOCCOCCOCCOCCOCCN1C(=O)C=CC1=O. The quantitative estimate of drug-likeness (QED) is 0.0513. The maximum atomic E-state index is 11.7. The molecule has 0 aliphatic carbocycles. The molecule has 0 N–H and O–H groups in total. The molecule has 0 aromatic carbocycles. The Morgan fingerprint density at radius 3 is 1.08 bits per heavy atom. The highest BCUT2D eigenvalue weighted by Gasteiger charge is 2.22. The van der Waals surface area contributed by atoms with Crippen molar-refractivity contribution in [1.29, 1.82) is 0 Å². The van der Waals surface area contributed by atoms with Crippen molar-refractivity contribution >= 4 is 17.8 Å². The van der Waals surface area contributed by atoms with Crippen molar-refractivity contribution in [2.75, 3.05) is 145 Å². The van der Waals surface area contributed by atoms with Gasteiger partial charge < -0.3 is 52.1 Å². The second-order valence-corrected chi connectivity index (χ2v) is 11.4. The maximum Gasteiger partial charge on any atom is 0.305 e. The number of carbonyl (C=O) groups excluding carboxylic acids is 3. The van der Waals surface area contributed by atoms with E-state index in [1.807, 2.05) is 0 Å². The van der Waals surface area contributed by atoms with Crippen molar-refractivity contribution < 1.29 is 66.5 Å². The molecule has 0 aromatic heterocycles. The van der Waals surface area contributed by atoms with E-state index in [9.17, 15) is 14.4 Å². The zero-order valence-corrected chi connectivity index (χ0v) is 31.0. The molecular formula is C36H65NO14. The zero-order chi connectivity index (χ0) is 36.7. The van der Waals surface area contributed by atoms with Crippen LogP contribution in [0.3, 0.4) is 0 Å². The van der Waals surface area contributed by atoms with Gasteiger partial charge in [-0.2, -0.15) is 0 Å². The van der Waals surface area contributed by atoms with Crippen LogP contribution in [0.2, 0.25) is 0 Å². The van der Waals surface area contributed by atoms with Gasteiger partial charge in [0.05, 0.1) is 139 Å². The van der Waals surface area contributed by atoms with E-state index in [1.165, 1.54) is 44.3 Å². The number of hydrogen-bond acceptors (Lipinski definition) is 14. The number of carbonyl (C=O) groups is 3. The Morgan fingerprint density at radius 1 is 0.431 bits per heavy atom. The van der Waals surface area contributed by atoms with Gasteiger partial charge in [-0.05, 0) is 6.42 Å². The van der Waals surface area contributed by atoms with Gasteiger partial charge in [0.15, 0.2) is 0 Å². The molecule has 1 aliphatic rings. The number of amides is 2. The summed E-state index contributed by atoms with van der Waals surface area (Å²) in [7, 11) is 0. The van der Waals surface area contributed by atoms with Crippen LogP contribution >= 0.6 is 0 Å². The molecule has 0 atom stereocenters. The number of hydrogen-bond donors (Lipinski definition) is 0. The van der Waals surface area contributed by atoms with Crippen LogP contribution in [0, 0.1) is 0 Å². The largest absolute Gasteiger partial charge is 0.463 e. The van der Waals surface area contributed by atoms with Gasteiger partial charge in [-0.15, -0.1) is 0 Å². The molecule has 0 fully saturated rings. The minimum absolute atomic E-state index is 0.147. The number of esters is 1. The van der Waals surface area contributed by atoms with Gasteiger partial charge in [0, 0.05) is 18.6 Å². The van der Waals surface area contributed by atoms with E-state index in [-0.39, 0.29) is 37.5 Å². The predicted molar refractivity (Wildman–Crippen MR) is 188 cm³/mol. The molecule has 0 spiro atoms. The smallest absolute Gasteiger partial charge is 0.305 e. The Balaban J connectivity index is 1.63. The number of imide groups is 1. The monoisotopic (exact) mass is 735 g/mol. The molecule has 0 saturated heterocycles. The number of unbranched alkanes of at least 4 members (excludes halogenated alkanes) is 6. The fourth-order valence-electron chi connectivity index (χ4n) is 4.40. The van der Waals surface area contributed by atoms with Crippen LogP contribution in [0.1, 0.15) is 58.3 Å². The normalized spacial score (nSPS) is 12.8. The number of rotatable bonds is 41. The molecule has 1 heterocycles. The fourth-order valence-corrected chi connectivity index (χ4v) is 4.40. The van der Waals surface area contributed by atoms with E-state index in [4.69, 9.17) is 52.1 Å². The topological polar surface area (TPSA) is 156 Å². The molecule has 2 amide bonds. The van der Waals surface area contributed by atoms with Gasteiger partial charge in [-0.25, -0.2) is 0 Å². The summed E-state index contributed by atoms with van der Waals surface area (Å²) in [5.74, 6) is -0.764. The second-order valence-electron chi connectivity index (χ2n) is 11.4. The van der Waals surface area contributed by atoms with Crippen molar-refractivity contribution in [2.24, 2.45) is 0 Å². The van der Waals surface area contributed by atoms with E-state index in [0.717, 1.165) is 17.7 Å². The van der Waals surface area contributed by atoms with Crippen LogP contribution in [0.15, 0.2) is 12.2 Å². The number of ether oxygens (including phenoxy) is 11. The molecule has 0 bridgehead atoms.